The first kappa shape index (κ1) is 14.1. The van der Waals surface area contributed by atoms with Crippen LogP contribution in [0.5, 0.6) is 0 Å². The second kappa shape index (κ2) is 7.40. The van der Waals surface area contributed by atoms with Gasteiger partial charge in [0, 0.05) is 30.9 Å². The van der Waals surface area contributed by atoms with E-state index in [1.54, 1.807) is 11.3 Å². The van der Waals surface area contributed by atoms with Gasteiger partial charge in [-0.15, -0.1) is 11.3 Å². The fourth-order valence-electron chi connectivity index (χ4n) is 1.35. The van der Waals surface area contributed by atoms with Gasteiger partial charge in [0.1, 0.15) is 0 Å². The van der Waals surface area contributed by atoms with Crippen LogP contribution in [-0.4, -0.2) is 24.0 Å². The molecule has 1 aromatic heterocycles. The number of rotatable bonds is 7. The maximum Gasteiger partial charge on any atom is 0.221 e. The largest absolute Gasteiger partial charge is 0.356 e. The highest BCUT2D eigenvalue weighted by Gasteiger charge is 2.07. The quantitative estimate of drug-likeness (QED) is 0.783. The Hall–Kier alpha value is -0.940. The molecule has 0 bridgehead atoms. The van der Waals surface area contributed by atoms with Gasteiger partial charge in [-0.1, -0.05) is 13.8 Å². The van der Waals surface area contributed by atoms with Crippen LogP contribution in [0.15, 0.2) is 10.9 Å². The van der Waals surface area contributed by atoms with E-state index < -0.39 is 0 Å². The van der Waals surface area contributed by atoms with Crippen LogP contribution in [0, 0.1) is 5.92 Å². The molecule has 0 aliphatic rings. The molecule has 2 N–H and O–H groups in total. The lowest BCUT2D eigenvalue weighted by molar-refractivity contribution is -0.121. The topological polar surface area (TPSA) is 54.0 Å². The summed E-state index contributed by atoms with van der Waals surface area (Å²) in [4.78, 5) is 15.7. The van der Waals surface area contributed by atoms with Crippen molar-refractivity contribution in [1.82, 2.24) is 15.6 Å². The van der Waals surface area contributed by atoms with Crippen molar-refractivity contribution in [3.63, 3.8) is 0 Å². The van der Waals surface area contributed by atoms with E-state index in [0.717, 1.165) is 12.2 Å². The predicted molar refractivity (Wildman–Crippen MR) is 71.0 cm³/mol. The molecule has 1 heterocycles. The summed E-state index contributed by atoms with van der Waals surface area (Å²) in [5.74, 6) is 0.609. The standard InChI is InChI=1S/C12H21N3OS/c1-9(2)6-14-12(16)4-5-13-10(3)11-7-17-8-15-11/h7-10,13H,4-6H2,1-3H3,(H,14,16). The lowest BCUT2D eigenvalue weighted by Crippen LogP contribution is -2.31. The van der Waals surface area contributed by atoms with E-state index in [2.05, 4.69) is 36.4 Å². The molecular formula is C12H21N3OS. The molecule has 0 saturated heterocycles. The van der Waals surface area contributed by atoms with E-state index in [0.29, 0.717) is 18.9 Å². The second-order valence-electron chi connectivity index (χ2n) is 4.54. The lowest BCUT2D eigenvalue weighted by Gasteiger charge is -2.12. The number of nitrogens with one attached hydrogen (secondary N) is 2. The summed E-state index contributed by atoms with van der Waals surface area (Å²) in [6, 6.07) is 0.208. The molecule has 0 saturated carbocycles. The number of thiazole rings is 1. The smallest absolute Gasteiger partial charge is 0.221 e. The molecule has 0 aromatic carbocycles. The van der Waals surface area contributed by atoms with Crippen molar-refractivity contribution in [3.05, 3.63) is 16.6 Å². The first-order valence-corrected chi connectivity index (χ1v) is 6.92. The van der Waals surface area contributed by atoms with Gasteiger partial charge in [0.05, 0.1) is 11.2 Å². The van der Waals surface area contributed by atoms with Crippen LogP contribution in [0.2, 0.25) is 0 Å². The molecule has 4 nitrogen and oxygen atoms in total. The molecule has 0 radical (unpaired) electrons. The monoisotopic (exact) mass is 255 g/mol. The van der Waals surface area contributed by atoms with Crippen LogP contribution in [0.1, 0.15) is 38.9 Å². The van der Waals surface area contributed by atoms with Crippen molar-refractivity contribution in [1.29, 1.82) is 0 Å². The van der Waals surface area contributed by atoms with Crippen molar-refractivity contribution in [2.75, 3.05) is 13.1 Å². The average molecular weight is 255 g/mol. The minimum Gasteiger partial charge on any atom is -0.356 e. The molecule has 1 unspecified atom stereocenters. The van der Waals surface area contributed by atoms with Crippen molar-refractivity contribution in [2.45, 2.75) is 33.2 Å². The van der Waals surface area contributed by atoms with Crippen molar-refractivity contribution in [3.8, 4) is 0 Å². The van der Waals surface area contributed by atoms with Gasteiger partial charge in [0.15, 0.2) is 0 Å². The van der Waals surface area contributed by atoms with E-state index in [-0.39, 0.29) is 11.9 Å². The Morgan fingerprint density at radius 2 is 2.24 bits per heavy atom. The molecule has 1 atom stereocenters. The number of carbonyl (C=O) groups excluding carboxylic acids is 1. The number of carbonyl (C=O) groups is 1. The third-order valence-electron chi connectivity index (χ3n) is 2.41. The maximum atomic E-state index is 11.5. The van der Waals surface area contributed by atoms with Crippen molar-refractivity contribution in [2.24, 2.45) is 5.92 Å². The van der Waals surface area contributed by atoms with E-state index in [4.69, 9.17) is 0 Å². The lowest BCUT2D eigenvalue weighted by atomic mass is 10.2. The Balaban J connectivity index is 2.13. The van der Waals surface area contributed by atoms with Gasteiger partial charge >= 0.3 is 0 Å². The molecule has 0 spiro atoms. The van der Waals surface area contributed by atoms with Gasteiger partial charge in [0.25, 0.3) is 0 Å². The zero-order valence-corrected chi connectivity index (χ0v) is 11.5. The van der Waals surface area contributed by atoms with E-state index in [1.807, 2.05) is 10.9 Å². The summed E-state index contributed by atoms with van der Waals surface area (Å²) in [6.45, 7) is 7.66. The summed E-state index contributed by atoms with van der Waals surface area (Å²) in [5.41, 5.74) is 2.86. The fourth-order valence-corrected chi connectivity index (χ4v) is 2.00. The number of aromatic nitrogens is 1. The molecular weight excluding hydrogens is 234 g/mol. The zero-order valence-electron chi connectivity index (χ0n) is 10.7. The third kappa shape index (κ3) is 5.79. The summed E-state index contributed by atoms with van der Waals surface area (Å²) >= 11 is 1.59. The van der Waals surface area contributed by atoms with Crippen LogP contribution in [-0.2, 0) is 4.79 Å². The van der Waals surface area contributed by atoms with Crippen LogP contribution >= 0.6 is 11.3 Å². The van der Waals surface area contributed by atoms with Gasteiger partial charge in [-0.2, -0.15) is 0 Å². The van der Waals surface area contributed by atoms with Crippen molar-refractivity contribution < 1.29 is 4.79 Å². The summed E-state index contributed by atoms with van der Waals surface area (Å²) in [7, 11) is 0. The highest BCUT2D eigenvalue weighted by atomic mass is 32.1. The number of hydrogen-bond donors (Lipinski definition) is 2. The Labute approximate surface area is 107 Å². The zero-order chi connectivity index (χ0) is 12.7. The molecule has 0 aliphatic heterocycles. The second-order valence-corrected chi connectivity index (χ2v) is 5.26. The Kier molecular flexibility index (Phi) is 6.15. The molecule has 0 fully saturated rings. The molecule has 1 aromatic rings. The minimum absolute atomic E-state index is 0.108. The number of nitrogens with zero attached hydrogens (tertiary/aromatic N) is 1. The van der Waals surface area contributed by atoms with E-state index in [1.165, 1.54) is 0 Å². The first-order chi connectivity index (χ1) is 8.09. The average Bonchev–Trinajstić information content (AvgIpc) is 2.79. The third-order valence-corrected chi connectivity index (χ3v) is 3.01. The maximum absolute atomic E-state index is 11.5. The SMILES string of the molecule is CC(C)CNC(=O)CCNC(C)c1cscn1. The summed E-state index contributed by atoms with van der Waals surface area (Å²) in [5, 5.41) is 8.21. The summed E-state index contributed by atoms with van der Waals surface area (Å²) < 4.78 is 0. The Morgan fingerprint density at radius 3 is 2.82 bits per heavy atom. The number of amides is 1. The minimum atomic E-state index is 0.108. The number of hydrogen-bond acceptors (Lipinski definition) is 4. The molecule has 0 aliphatic carbocycles. The van der Waals surface area contributed by atoms with Crippen LogP contribution < -0.4 is 10.6 Å². The predicted octanol–water partition coefficient (Wildman–Crippen LogP) is 1.96. The molecule has 1 rings (SSSR count). The fraction of sp³-hybridized carbons (Fsp3) is 0.667. The van der Waals surface area contributed by atoms with Gasteiger partial charge in [-0.05, 0) is 12.8 Å². The van der Waals surface area contributed by atoms with Gasteiger partial charge < -0.3 is 10.6 Å². The van der Waals surface area contributed by atoms with Crippen molar-refractivity contribution >= 4 is 17.2 Å². The van der Waals surface area contributed by atoms with Crippen LogP contribution in [0.3, 0.4) is 0 Å². The van der Waals surface area contributed by atoms with Gasteiger partial charge in [-0.25, -0.2) is 4.98 Å². The van der Waals surface area contributed by atoms with Gasteiger partial charge in [-0.3, -0.25) is 4.79 Å². The highest BCUT2D eigenvalue weighted by molar-refractivity contribution is 7.07. The van der Waals surface area contributed by atoms with Crippen LogP contribution in [0.4, 0.5) is 0 Å². The summed E-state index contributed by atoms with van der Waals surface area (Å²) in [6.07, 6.45) is 0.515. The van der Waals surface area contributed by atoms with E-state index in [9.17, 15) is 4.79 Å². The molecule has 96 valence electrons. The normalized spacial score (nSPS) is 12.7. The van der Waals surface area contributed by atoms with Crippen LogP contribution in [0.25, 0.3) is 0 Å². The Morgan fingerprint density at radius 1 is 1.47 bits per heavy atom. The van der Waals surface area contributed by atoms with Gasteiger partial charge in [0.2, 0.25) is 5.91 Å². The first-order valence-electron chi connectivity index (χ1n) is 5.97. The molecule has 5 heteroatoms. The van der Waals surface area contributed by atoms with E-state index >= 15 is 0 Å². The molecule has 1 amide bonds. The highest BCUT2D eigenvalue weighted by Crippen LogP contribution is 2.11. The Bertz CT molecular complexity index is 325. The molecule has 17 heavy (non-hydrogen) atoms.